The van der Waals surface area contributed by atoms with E-state index >= 15 is 0 Å². The first-order chi connectivity index (χ1) is 8.76. The number of rotatable bonds is 5. The van der Waals surface area contributed by atoms with E-state index in [1.807, 2.05) is 10.7 Å². The van der Waals surface area contributed by atoms with Crippen LogP contribution in [0.1, 0.15) is 30.6 Å². The standard InChI is InChI=1S/C12H16FN5/c1-2-5-18-11(3-4-16-18)12(17-14)9-6-10(13)8-15-7-9/h3-4,6-8,12,17H,2,5,14H2,1H3. The van der Waals surface area contributed by atoms with Crippen LogP contribution in [0.2, 0.25) is 0 Å². The highest BCUT2D eigenvalue weighted by Crippen LogP contribution is 2.21. The van der Waals surface area contributed by atoms with Gasteiger partial charge in [0, 0.05) is 18.9 Å². The van der Waals surface area contributed by atoms with Crippen molar-refractivity contribution in [3.63, 3.8) is 0 Å². The zero-order chi connectivity index (χ0) is 13.0. The molecular weight excluding hydrogens is 233 g/mol. The van der Waals surface area contributed by atoms with Crippen LogP contribution in [0, 0.1) is 5.82 Å². The topological polar surface area (TPSA) is 68.8 Å². The van der Waals surface area contributed by atoms with Gasteiger partial charge in [-0.25, -0.2) is 9.82 Å². The first-order valence-electron chi connectivity index (χ1n) is 5.84. The fourth-order valence-electron chi connectivity index (χ4n) is 1.93. The van der Waals surface area contributed by atoms with Crippen LogP contribution in [-0.2, 0) is 6.54 Å². The summed E-state index contributed by atoms with van der Waals surface area (Å²) < 4.78 is 15.1. The third-order valence-corrected chi connectivity index (χ3v) is 2.71. The number of pyridine rings is 1. The van der Waals surface area contributed by atoms with E-state index in [9.17, 15) is 4.39 Å². The largest absolute Gasteiger partial charge is 0.271 e. The number of aromatic nitrogens is 3. The molecule has 2 heterocycles. The van der Waals surface area contributed by atoms with Crippen molar-refractivity contribution in [1.29, 1.82) is 0 Å². The third kappa shape index (κ3) is 2.55. The van der Waals surface area contributed by atoms with Gasteiger partial charge in [-0.15, -0.1) is 0 Å². The van der Waals surface area contributed by atoms with Gasteiger partial charge in [0.25, 0.3) is 0 Å². The molecule has 0 aliphatic carbocycles. The van der Waals surface area contributed by atoms with Crippen molar-refractivity contribution in [2.75, 3.05) is 0 Å². The minimum atomic E-state index is -0.380. The summed E-state index contributed by atoms with van der Waals surface area (Å²) in [4.78, 5) is 3.84. The first-order valence-corrected chi connectivity index (χ1v) is 5.84. The van der Waals surface area contributed by atoms with Crippen LogP contribution in [0.15, 0.2) is 30.7 Å². The molecule has 0 bridgehead atoms. The van der Waals surface area contributed by atoms with Crippen molar-refractivity contribution < 1.29 is 4.39 Å². The monoisotopic (exact) mass is 249 g/mol. The molecule has 5 nitrogen and oxygen atoms in total. The summed E-state index contributed by atoms with van der Waals surface area (Å²) in [7, 11) is 0. The van der Waals surface area contributed by atoms with Crippen molar-refractivity contribution in [3.05, 3.63) is 47.8 Å². The van der Waals surface area contributed by atoms with Crippen LogP contribution in [0.4, 0.5) is 4.39 Å². The molecule has 18 heavy (non-hydrogen) atoms. The third-order valence-electron chi connectivity index (χ3n) is 2.71. The molecule has 0 saturated carbocycles. The van der Waals surface area contributed by atoms with E-state index < -0.39 is 0 Å². The number of hydrogen-bond donors (Lipinski definition) is 2. The predicted molar refractivity (Wildman–Crippen MR) is 65.9 cm³/mol. The Kier molecular flexibility index (Phi) is 4.01. The van der Waals surface area contributed by atoms with E-state index in [0.717, 1.165) is 18.7 Å². The fraction of sp³-hybridized carbons (Fsp3) is 0.333. The van der Waals surface area contributed by atoms with E-state index in [4.69, 9.17) is 5.84 Å². The molecule has 0 aliphatic rings. The summed E-state index contributed by atoms with van der Waals surface area (Å²) in [5.41, 5.74) is 4.25. The lowest BCUT2D eigenvalue weighted by Crippen LogP contribution is -2.31. The highest BCUT2D eigenvalue weighted by molar-refractivity contribution is 5.25. The average Bonchev–Trinajstić information content (AvgIpc) is 2.79. The zero-order valence-electron chi connectivity index (χ0n) is 10.2. The maximum absolute atomic E-state index is 13.2. The molecule has 0 radical (unpaired) electrons. The number of hydrogen-bond acceptors (Lipinski definition) is 4. The fourth-order valence-corrected chi connectivity index (χ4v) is 1.93. The summed E-state index contributed by atoms with van der Waals surface area (Å²) in [5.74, 6) is 5.19. The van der Waals surface area contributed by atoms with Crippen LogP contribution in [-0.4, -0.2) is 14.8 Å². The molecule has 0 spiro atoms. The van der Waals surface area contributed by atoms with Gasteiger partial charge in [-0.2, -0.15) is 5.10 Å². The first kappa shape index (κ1) is 12.7. The van der Waals surface area contributed by atoms with Gasteiger partial charge in [-0.1, -0.05) is 6.92 Å². The zero-order valence-corrected chi connectivity index (χ0v) is 10.2. The number of hydrazine groups is 1. The van der Waals surface area contributed by atoms with Crippen LogP contribution in [0.5, 0.6) is 0 Å². The van der Waals surface area contributed by atoms with Crippen LogP contribution in [0.3, 0.4) is 0 Å². The quantitative estimate of drug-likeness (QED) is 0.620. The molecule has 2 aromatic heterocycles. The van der Waals surface area contributed by atoms with Crippen molar-refractivity contribution in [2.24, 2.45) is 5.84 Å². The number of nitrogens with two attached hydrogens (primary N) is 1. The predicted octanol–water partition coefficient (Wildman–Crippen LogP) is 1.38. The average molecular weight is 249 g/mol. The van der Waals surface area contributed by atoms with Gasteiger partial charge in [0.2, 0.25) is 0 Å². The van der Waals surface area contributed by atoms with Crippen molar-refractivity contribution in [3.8, 4) is 0 Å². The lowest BCUT2D eigenvalue weighted by atomic mass is 10.1. The van der Waals surface area contributed by atoms with Gasteiger partial charge in [0.05, 0.1) is 17.9 Å². The van der Waals surface area contributed by atoms with Gasteiger partial charge in [0.1, 0.15) is 5.82 Å². The van der Waals surface area contributed by atoms with Gasteiger partial charge >= 0.3 is 0 Å². The normalized spacial score (nSPS) is 12.6. The Hall–Kier alpha value is -1.79. The lowest BCUT2D eigenvalue weighted by Gasteiger charge is -2.17. The number of halogens is 1. The SMILES string of the molecule is CCCn1nccc1C(NN)c1cncc(F)c1. The van der Waals surface area contributed by atoms with Crippen molar-refractivity contribution >= 4 is 0 Å². The van der Waals surface area contributed by atoms with E-state index in [1.165, 1.54) is 12.3 Å². The van der Waals surface area contributed by atoms with Crippen LogP contribution >= 0.6 is 0 Å². The van der Waals surface area contributed by atoms with E-state index in [0.29, 0.717) is 5.56 Å². The van der Waals surface area contributed by atoms with E-state index in [1.54, 1.807) is 12.4 Å². The molecule has 0 saturated heterocycles. The van der Waals surface area contributed by atoms with Crippen LogP contribution < -0.4 is 11.3 Å². The van der Waals surface area contributed by atoms with Gasteiger partial charge in [-0.05, 0) is 24.1 Å². The summed E-state index contributed by atoms with van der Waals surface area (Å²) in [6.45, 7) is 2.86. The van der Waals surface area contributed by atoms with Gasteiger partial charge < -0.3 is 0 Å². The molecule has 0 aromatic carbocycles. The molecule has 6 heteroatoms. The second-order valence-electron chi connectivity index (χ2n) is 4.02. The maximum atomic E-state index is 13.2. The Morgan fingerprint density at radius 1 is 1.50 bits per heavy atom. The molecule has 1 unspecified atom stereocenters. The molecule has 0 aliphatic heterocycles. The highest BCUT2D eigenvalue weighted by Gasteiger charge is 2.17. The van der Waals surface area contributed by atoms with E-state index in [-0.39, 0.29) is 11.9 Å². The minimum Gasteiger partial charge on any atom is -0.271 e. The molecule has 0 fully saturated rings. The molecule has 96 valence electrons. The molecule has 2 rings (SSSR count). The van der Waals surface area contributed by atoms with Gasteiger partial charge in [-0.3, -0.25) is 15.5 Å². The Morgan fingerprint density at radius 2 is 2.33 bits per heavy atom. The Balaban J connectivity index is 2.36. The number of nitrogens with zero attached hydrogens (tertiary/aromatic N) is 3. The highest BCUT2D eigenvalue weighted by atomic mass is 19.1. The van der Waals surface area contributed by atoms with Crippen LogP contribution in [0.25, 0.3) is 0 Å². The Labute approximate surface area is 105 Å². The second-order valence-corrected chi connectivity index (χ2v) is 4.02. The molecular formula is C12H16FN5. The summed E-state index contributed by atoms with van der Waals surface area (Å²) in [6, 6.07) is 2.97. The van der Waals surface area contributed by atoms with Crippen molar-refractivity contribution in [1.82, 2.24) is 20.2 Å². The summed E-state index contributed by atoms with van der Waals surface area (Å²) in [6.07, 6.45) is 5.44. The van der Waals surface area contributed by atoms with Gasteiger partial charge in [0.15, 0.2) is 0 Å². The molecule has 3 N–H and O–H groups in total. The lowest BCUT2D eigenvalue weighted by molar-refractivity contribution is 0.517. The Bertz CT molecular complexity index is 511. The molecule has 1 atom stereocenters. The molecule has 0 amide bonds. The Morgan fingerprint density at radius 3 is 3.00 bits per heavy atom. The van der Waals surface area contributed by atoms with E-state index in [2.05, 4.69) is 22.4 Å². The van der Waals surface area contributed by atoms with Crippen molar-refractivity contribution in [2.45, 2.75) is 25.9 Å². The summed E-state index contributed by atoms with van der Waals surface area (Å²) in [5, 5.41) is 4.23. The smallest absolute Gasteiger partial charge is 0.141 e. The number of nitrogens with one attached hydrogen (secondary N) is 1. The second kappa shape index (κ2) is 5.70. The minimum absolute atomic E-state index is 0.317. The molecule has 2 aromatic rings. The number of aryl methyl sites for hydroxylation is 1. The maximum Gasteiger partial charge on any atom is 0.141 e. The summed E-state index contributed by atoms with van der Waals surface area (Å²) >= 11 is 0.